The van der Waals surface area contributed by atoms with E-state index >= 15 is 0 Å². The Bertz CT molecular complexity index is 714. The van der Waals surface area contributed by atoms with Gasteiger partial charge in [-0.15, -0.1) is 0 Å². The standard InChI is InChI=1S/C19H20BrNO2/c1-13-11-15(9-10-17(13)20)23-12-19(22)21-18-8-4-6-14-5-2-3-7-16(14)18/h2-3,5,7,9-11,18H,4,6,8,12H2,1H3,(H,21,22)/t18-/m1/s1. The molecule has 0 saturated heterocycles. The molecule has 0 aliphatic heterocycles. The van der Waals surface area contributed by atoms with Gasteiger partial charge in [0.15, 0.2) is 6.61 Å². The number of amides is 1. The normalized spacial score (nSPS) is 16.5. The van der Waals surface area contributed by atoms with Crippen LogP contribution in [0.1, 0.15) is 35.6 Å². The number of fused-ring (bicyclic) bond motifs is 1. The number of hydrogen-bond acceptors (Lipinski definition) is 2. The van der Waals surface area contributed by atoms with Crippen molar-refractivity contribution in [2.24, 2.45) is 0 Å². The van der Waals surface area contributed by atoms with E-state index in [4.69, 9.17) is 4.74 Å². The third-order valence-electron chi connectivity index (χ3n) is 4.20. The smallest absolute Gasteiger partial charge is 0.258 e. The van der Waals surface area contributed by atoms with Crippen molar-refractivity contribution in [3.05, 3.63) is 63.6 Å². The van der Waals surface area contributed by atoms with Gasteiger partial charge in [0, 0.05) is 4.47 Å². The van der Waals surface area contributed by atoms with Crippen molar-refractivity contribution in [1.29, 1.82) is 0 Å². The maximum Gasteiger partial charge on any atom is 0.258 e. The summed E-state index contributed by atoms with van der Waals surface area (Å²) in [6.07, 6.45) is 3.19. The van der Waals surface area contributed by atoms with E-state index in [0.29, 0.717) is 5.75 Å². The number of halogens is 1. The molecule has 1 atom stereocenters. The lowest BCUT2D eigenvalue weighted by atomic mass is 9.88. The number of nitrogens with one attached hydrogen (secondary N) is 1. The van der Waals surface area contributed by atoms with Crippen molar-refractivity contribution in [3.8, 4) is 5.75 Å². The molecule has 2 aromatic rings. The van der Waals surface area contributed by atoms with Crippen LogP contribution < -0.4 is 10.1 Å². The molecule has 0 unspecified atom stereocenters. The van der Waals surface area contributed by atoms with Crippen molar-refractivity contribution >= 4 is 21.8 Å². The third kappa shape index (κ3) is 3.94. The second kappa shape index (κ2) is 7.18. The number of carbonyl (C=O) groups is 1. The Morgan fingerprint density at radius 3 is 2.96 bits per heavy atom. The van der Waals surface area contributed by atoms with E-state index in [9.17, 15) is 4.79 Å². The molecule has 3 rings (SSSR count). The van der Waals surface area contributed by atoms with E-state index in [1.54, 1.807) is 0 Å². The molecule has 23 heavy (non-hydrogen) atoms. The van der Waals surface area contributed by atoms with Crippen LogP contribution in [0.5, 0.6) is 5.75 Å². The second-order valence-corrected chi connectivity index (χ2v) is 6.77. The van der Waals surface area contributed by atoms with Crippen molar-refractivity contribution < 1.29 is 9.53 Å². The summed E-state index contributed by atoms with van der Waals surface area (Å²) in [5.41, 5.74) is 3.67. The van der Waals surface area contributed by atoms with E-state index < -0.39 is 0 Å². The van der Waals surface area contributed by atoms with Crippen LogP contribution in [-0.4, -0.2) is 12.5 Å². The Labute approximate surface area is 145 Å². The van der Waals surface area contributed by atoms with Crippen LogP contribution in [0.25, 0.3) is 0 Å². The molecular weight excluding hydrogens is 354 g/mol. The molecule has 1 aliphatic rings. The van der Waals surface area contributed by atoms with Crippen molar-refractivity contribution in [2.45, 2.75) is 32.2 Å². The monoisotopic (exact) mass is 373 g/mol. The Hall–Kier alpha value is -1.81. The highest BCUT2D eigenvalue weighted by Crippen LogP contribution is 2.29. The Balaban J connectivity index is 1.59. The molecule has 1 N–H and O–H groups in total. The highest BCUT2D eigenvalue weighted by molar-refractivity contribution is 9.10. The number of rotatable bonds is 4. The quantitative estimate of drug-likeness (QED) is 0.865. The molecule has 120 valence electrons. The maximum absolute atomic E-state index is 12.2. The number of carbonyl (C=O) groups excluding carboxylic acids is 1. The van der Waals surface area contributed by atoms with Gasteiger partial charge in [-0.2, -0.15) is 0 Å². The molecule has 2 aromatic carbocycles. The first-order valence-corrected chi connectivity index (χ1v) is 8.69. The molecule has 4 heteroatoms. The van der Waals surface area contributed by atoms with E-state index in [-0.39, 0.29) is 18.6 Å². The van der Waals surface area contributed by atoms with Crippen molar-refractivity contribution in [1.82, 2.24) is 5.32 Å². The van der Waals surface area contributed by atoms with E-state index in [1.807, 2.05) is 31.2 Å². The highest BCUT2D eigenvalue weighted by atomic mass is 79.9. The van der Waals surface area contributed by atoms with Gasteiger partial charge in [0.05, 0.1) is 6.04 Å². The maximum atomic E-state index is 12.2. The average molecular weight is 374 g/mol. The van der Waals surface area contributed by atoms with Gasteiger partial charge in [0.2, 0.25) is 0 Å². The average Bonchev–Trinajstić information content (AvgIpc) is 2.56. The lowest BCUT2D eigenvalue weighted by Crippen LogP contribution is -2.34. The predicted molar refractivity (Wildman–Crippen MR) is 94.6 cm³/mol. The third-order valence-corrected chi connectivity index (χ3v) is 5.09. The van der Waals surface area contributed by atoms with Gasteiger partial charge in [0.25, 0.3) is 5.91 Å². The minimum atomic E-state index is -0.0766. The summed E-state index contributed by atoms with van der Waals surface area (Å²) in [7, 11) is 0. The summed E-state index contributed by atoms with van der Waals surface area (Å²) in [5, 5.41) is 3.10. The van der Waals surface area contributed by atoms with Crippen LogP contribution in [0.4, 0.5) is 0 Å². The van der Waals surface area contributed by atoms with Crippen molar-refractivity contribution in [2.75, 3.05) is 6.61 Å². The highest BCUT2D eigenvalue weighted by Gasteiger charge is 2.21. The van der Waals surface area contributed by atoms with Crippen LogP contribution in [0.2, 0.25) is 0 Å². The van der Waals surface area contributed by atoms with Crippen LogP contribution in [0.15, 0.2) is 46.9 Å². The molecule has 0 fully saturated rings. The lowest BCUT2D eigenvalue weighted by Gasteiger charge is -2.26. The SMILES string of the molecule is Cc1cc(OCC(=O)N[C@@H]2CCCc3ccccc32)ccc1Br. The molecule has 0 radical (unpaired) electrons. The molecule has 3 nitrogen and oxygen atoms in total. The molecule has 0 bridgehead atoms. The molecule has 0 spiro atoms. The van der Waals surface area contributed by atoms with Gasteiger partial charge in [-0.3, -0.25) is 4.79 Å². The predicted octanol–water partition coefficient (Wildman–Crippen LogP) is 4.33. The fourth-order valence-corrected chi connectivity index (χ4v) is 3.24. The van der Waals surface area contributed by atoms with Crippen LogP contribution >= 0.6 is 15.9 Å². The van der Waals surface area contributed by atoms with Crippen LogP contribution in [-0.2, 0) is 11.2 Å². The minimum absolute atomic E-state index is 0.0414. The molecule has 1 aliphatic carbocycles. The largest absolute Gasteiger partial charge is 0.484 e. The van der Waals surface area contributed by atoms with Crippen LogP contribution in [0, 0.1) is 6.92 Å². The van der Waals surface area contributed by atoms with Gasteiger partial charge >= 0.3 is 0 Å². The zero-order valence-corrected chi connectivity index (χ0v) is 14.7. The van der Waals surface area contributed by atoms with Crippen molar-refractivity contribution in [3.63, 3.8) is 0 Å². The Morgan fingerprint density at radius 1 is 1.30 bits per heavy atom. The summed E-state index contributed by atoms with van der Waals surface area (Å²) >= 11 is 3.46. The zero-order chi connectivity index (χ0) is 16.2. The number of benzene rings is 2. The summed E-state index contributed by atoms with van der Waals surface area (Å²) < 4.78 is 6.64. The summed E-state index contributed by atoms with van der Waals surface area (Å²) in [6.45, 7) is 2.04. The summed E-state index contributed by atoms with van der Waals surface area (Å²) in [4.78, 5) is 12.2. The molecule has 1 amide bonds. The molecule has 0 saturated carbocycles. The molecule has 0 aromatic heterocycles. The van der Waals surface area contributed by atoms with E-state index in [2.05, 4.69) is 39.4 Å². The fourth-order valence-electron chi connectivity index (χ4n) is 3.00. The fraction of sp³-hybridized carbons (Fsp3) is 0.316. The summed E-state index contributed by atoms with van der Waals surface area (Å²) in [5.74, 6) is 0.636. The number of aryl methyl sites for hydroxylation is 2. The van der Waals surface area contributed by atoms with Crippen LogP contribution in [0.3, 0.4) is 0 Å². The molecular formula is C19H20BrNO2. The van der Waals surface area contributed by atoms with Gasteiger partial charge in [0.1, 0.15) is 5.75 Å². The number of ether oxygens (including phenoxy) is 1. The zero-order valence-electron chi connectivity index (χ0n) is 13.1. The van der Waals surface area contributed by atoms with E-state index in [1.165, 1.54) is 11.1 Å². The minimum Gasteiger partial charge on any atom is -0.484 e. The lowest BCUT2D eigenvalue weighted by molar-refractivity contribution is -0.123. The first-order valence-electron chi connectivity index (χ1n) is 7.89. The first-order chi connectivity index (χ1) is 11.1. The van der Waals surface area contributed by atoms with Gasteiger partial charge in [-0.25, -0.2) is 0 Å². The Morgan fingerprint density at radius 2 is 2.13 bits per heavy atom. The van der Waals surface area contributed by atoms with Gasteiger partial charge < -0.3 is 10.1 Å². The summed E-state index contributed by atoms with van der Waals surface area (Å²) in [6, 6.07) is 14.2. The first kappa shape index (κ1) is 16.1. The number of hydrogen-bond donors (Lipinski definition) is 1. The molecule has 0 heterocycles. The Kier molecular flexibility index (Phi) is 5.01. The van der Waals surface area contributed by atoms with Gasteiger partial charge in [-0.1, -0.05) is 40.2 Å². The second-order valence-electron chi connectivity index (χ2n) is 5.91. The van der Waals surface area contributed by atoms with E-state index in [0.717, 1.165) is 29.3 Å². The van der Waals surface area contributed by atoms with Gasteiger partial charge in [-0.05, 0) is 61.1 Å². The topological polar surface area (TPSA) is 38.3 Å².